The first-order valence-corrected chi connectivity index (χ1v) is 11.0. The van der Waals surface area contributed by atoms with Crippen LogP contribution in [0.1, 0.15) is 0 Å². The predicted octanol–water partition coefficient (Wildman–Crippen LogP) is 7.21. The van der Waals surface area contributed by atoms with Crippen molar-refractivity contribution in [1.29, 1.82) is 0 Å². The lowest BCUT2D eigenvalue weighted by Crippen LogP contribution is -2.07. The van der Waals surface area contributed by atoms with Crippen LogP contribution in [-0.2, 0) is 0 Å². The summed E-state index contributed by atoms with van der Waals surface area (Å²) in [6, 6.07) is 14.6. The fourth-order valence-corrected chi connectivity index (χ4v) is 3.73. The Labute approximate surface area is 208 Å². The Morgan fingerprint density at radius 1 is 0.824 bits per heavy atom. The Balaban J connectivity index is 1.97. The average Bonchev–Trinajstić information content (AvgIpc) is 2.81. The number of aliphatic hydroxyl groups is 1. The van der Waals surface area contributed by atoms with E-state index in [1.165, 1.54) is 6.07 Å². The summed E-state index contributed by atoms with van der Waals surface area (Å²) in [7, 11) is 0. The van der Waals surface area contributed by atoms with Gasteiger partial charge in [0.1, 0.15) is 12.4 Å². The van der Waals surface area contributed by atoms with Gasteiger partial charge in [0.15, 0.2) is 11.6 Å². The Morgan fingerprint density at radius 3 is 2.24 bits per heavy atom. The quantitative estimate of drug-likeness (QED) is 0.277. The number of hydrogen-bond acceptors (Lipinski definition) is 5. The lowest BCUT2D eigenvalue weighted by atomic mass is 10.00. The molecule has 0 amide bonds. The van der Waals surface area contributed by atoms with Crippen LogP contribution in [-0.4, -0.2) is 28.3 Å². The van der Waals surface area contributed by atoms with Crippen molar-refractivity contribution in [2.45, 2.75) is 0 Å². The Hall–Kier alpha value is -2.97. The van der Waals surface area contributed by atoms with E-state index in [9.17, 15) is 13.9 Å². The first-order chi connectivity index (χ1) is 16.4. The molecule has 4 rings (SSSR count). The normalized spacial score (nSPS) is 10.9. The third-order valence-corrected chi connectivity index (χ3v) is 5.40. The molecule has 174 valence electrons. The highest BCUT2D eigenvalue weighted by Gasteiger charge is 2.22. The van der Waals surface area contributed by atoms with Crippen molar-refractivity contribution in [2.75, 3.05) is 13.2 Å². The highest BCUT2D eigenvalue weighted by Crippen LogP contribution is 2.43. The highest BCUT2D eigenvalue weighted by atomic mass is 35.5. The zero-order valence-electron chi connectivity index (χ0n) is 17.2. The molecule has 5 nitrogen and oxygen atoms in total. The summed E-state index contributed by atoms with van der Waals surface area (Å²) in [6.07, 6.45) is 0. The van der Waals surface area contributed by atoms with E-state index < -0.39 is 11.6 Å². The van der Waals surface area contributed by atoms with Gasteiger partial charge in [-0.2, -0.15) is 9.97 Å². The number of halogens is 5. The molecular weight excluding hydrogens is 509 g/mol. The second-order valence-electron chi connectivity index (χ2n) is 6.92. The van der Waals surface area contributed by atoms with Gasteiger partial charge in [-0.15, -0.1) is 0 Å². The predicted molar refractivity (Wildman–Crippen MR) is 127 cm³/mol. The minimum Gasteiger partial charge on any atom is -0.461 e. The molecule has 0 aliphatic rings. The molecule has 0 aliphatic heterocycles. The summed E-state index contributed by atoms with van der Waals surface area (Å²) in [6.45, 7) is -0.364. The minimum atomic E-state index is -1.09. The van der Waals surface area contributed by atoms with Gasteiger partial charge < -0.3 is 14.6 Å². The average molecular weight is 524 g/mol. The molecule has 34 heavy (non-hydrogen) atoms. The maximum atomic E-state index is 13.8. The molecule has 4 aromatic rings. The Morgan fingerprint density at radius 2 is 1.56 bits per heavy atom. The largest absolute Gasteiger partial charge is 0.461 e. The van der Waals surface area contributed by atoms with Crippen molar-refractivity contribution in [3.63, 3.8) is 0 Å². The van der Waals surface area contributed by atoms with Crippen molar-refractivity contribution >= 4 is 34.8 Å². The lowest BCUT2D eigenvalue weighted by Gasteiger charge is -2.17. The monoisotopic (exact) mass is 522 g/mol. The zero-order valence-corrected chi connectivity index (χ0v) is 19.5. The molecule has 0 unspecified atom stereocenters. The van der Waals surface area contributed by atoms with Crippen molar-refractivity contribution in [3.05, 3.63) is 87.4 Å². The summed E-state index contributed by atoms with van der Waals surface area (Å²) in [5.41, 5.74) is 1.81. The van der Waals surface area contributed by atoms with Crippen LogP contribution < -0.4 is 9.47 Å². The summed E-state index contributed by atoms with van der Waals surface area (Å²) in [4.78, 5) is 8.79. The SMILES string of the molecule is OCCOc1nc(Oc2ccc(F)c(F)c2)c(-c2ccc(Cl)cc2)c(-c2ccc(Cl)cc2Cl)n1. The van der Waals surface area contributed by atoms with Gasteiger partial charge in [-0.25, -0.2) is 8.78 Å². The molecule has 0 saturated carbocycles. The maximum absolute atomic E-state index is 13.8. The smallest absolute Gasteiger partial charge is 0.320 e. The second-order valence-corrected chi connectivity index (χ2v) is 8.20. The Bertz CT molecular complexity index is 1340. The van der Waals surface area contributed by atoms with E-state index in [1.54, 1.807) is 42.5 Å². The van der Waals surface area contributed by atoms with Crippen molar-refractivity contribution in [2.24, 2.45) is 0 Å². The van der Waals surface area contributed by atoms with Crippen LogP contribution in [0.4, 0.5) is 8.78 Å². The van der Waals surface area contributed by atoms with Gasteiger partial charge >= 0.3 is 6.01 Å². The van der Waals surface area contributed by atoms with E-state index in [0.29, 0.717) is 37.5 Å². The third kappa shape index (κ3) is 5.39. The molecule has 1 N–H and O–H groups in total. The minimum absolute atomic E-state index is 0.00549. The zero-order chi connectivity index (χ0) is 24.2. The Kier molecular flexibility index (Phi) is 7.48. The van der Waals surface area contributed by atoms with Gasteiger partial charge in [0.25, 0.3) is 0 Å². The molecule has 0 atom stereocenters. The molecule has 0 bridgehead atoms. The fraction of sp³-hybridized carbons (Fsp3) is 0.0833. The number of rotatable bonds is 7. The summed E-state index contributed by atoms with van der Waals surface area (Å²) in [5, 5.41) is 10.4. The maximum Gasteiger partial charge on any atom is 0.320 e. The number of hydrogen-bond donors (Lipinski definition) is 1. The molecule has 0 aliphatic carbocycles. The highest BCUT2D eigenvalue weighted by molar-refractivity contribution is 6.36. The van der Waals surface area contributed by atoms with Gasteiger partial charge in [0, 0.05) is 21.7 Å². The lowest BCUT2D eigenvalue weighted by molar-refractivity contribution is 0.190. The van der Waals surface area contributed by atoms with Crippen LogP contribution in [0.2, 0.25) is 15.1 Å². The molecular formula is C24H15Cl3F2N2O3. The number of aromatic nitrogens is 2. The number of benzene rings is 3. The van der Waals surface area contributed by atoms with E-state index in [4.69, 9.17) is 44.3 Å². The van der Waals surface area contributed by atoms with Crippen molar-refractivity contribution < 1.29 is 23.4 Å². The van der Waals surface area contributed by atoms with Gasteiger partial charge in [0.2, 0.25) is 5.88 Å². The molecule has 10 heteroatoms. The summed E-state index contributed by atoms with van der Waals surface area (Å²) >= 11 is 18.6. The van der Waals surface area contributed by atoms with E-state index in [0.717, 1.165) is 12.1 Å². The first-order valence-electron chi connectivity index (χ1n) is 9.85. The van der Waals surface area contributed by atoms with Crippen LogP contribution in [0.25, 0.3) is 22.4 Å². The van der Waals surface area contributed by atoms with E-state index in [-0.39, 0.29) is 30.9 Å². The molecule has 3 aromatic carbocycles. The van der Waals surface area contributed by atoms with Gasteiger partial charge in [0.05, 0.1) is 22.9 Å². The van der Waals surface area contributed by atoms with Gasteiger partial charge in [-0.3, -0.25) is 0 Å². The number of ether oxygens (including phenoxy) is 2. The van der Waals surface area contributed by atoms with Crippen molar-refractivity contribution in [3.8, 4) is 40.0 Å². The second kappa shape index (κ2) is 10.5. The molecule has 0 saturated heterocycles. The standard InChI is InChI=1S/C24H15Cl3F2N2O3/c25-14-3-1-13(2-4-14)21-22(17-7-5-15(26)11-18(17)27)30-24(33-10-9-32)31-23(21)34-16-6-8-19(28)20(29)12-16/h1-8,11-12,32H,9-10H2. The number of aliphatic hydroxyl groups excluding tert-OH is 1. The van der Waals surface area contributed by atoms with Crippen LogP contribution in [0, 0.1) is 11.6 Å². The van der Waals surface area contributed by atoms with Crippen LogP contribution in [0.5, 0.6) is 17.6 Å². The topological polar surface area (TPSA) is 64.5 Å². The summed E-state index contributed by atoms with van der Waals surface area (Å²) < 4.78 is 38.6. The third-order valence-electron chi connectivity index (χ3n) is 4.60. The van der Waals surface area contributed by atoms with Crippen LogP contribution in [0.3, 0.4) is 0 Å². The van der Waals surface area contributed by atoms with Gasteiger partial charge in [-0.1, -0.05) is 46.9 Å². The molecule has 1 heterocycles. The van der Waals surface area contributed by atoms with E-state index in [2.05, 4.69) is 9.97 Å². The van der Waals surface area contributed by atoms with Gasteiger partial charge in [-0.05, 0) is 48.0 Å². The van der Waals surface area contributed by atoms with Crippen LogP contribution in [0.15, 0.2) is 60.7 Å². The molecule has 1 aromatic heterocycles. The molecule has 0 radical (unpaired) electrons. The van der Waals surface area contributed by atoms with Crippen LogP contribution >= 0.6 is 34.8 Å². The molecule has 0 spiro atoms. The number of nitrogens with zero attached hydrogens (tertiary/aromatic N) is 2. The van der Waals surface area contributed by atoms with Crippen molar-refractivity contribution in [1.82, 2.24) is 9.97 Å². The first kappa shape index (κ1) is 24.2. The van der Waals surface area contributed by atoms with E-state index >= 15 is 0 Å². The molecule has 0 fully saturated rings. The summed E-state index contributed by atoms with van der Waals surface area (Å²) in [5.74, 6) is -2.13. The fourth-order valence-electron chi connectivity index (χ4n) is 3.10. The van der Waals surface area contributed by atoms with E-state index in [1.807, 2.05) is 0 Å².